The van der Waals surface area contributed by atoms with Gasteiger partial charge in [0.15, 0.2) is 0 Å². The normalized spacial score (nSPS) is 10.0. The smallest absolute Gasteiger partial charge is 0.252 e. The van der Waals surface area contributed by atoms with E-state index in [-0.39, 0.29) is 0 Å². The fourth-order valence-electron chi connectivity index (χ4n) is 1.73. The van der Waals surface area contributed by atoms with Crippen LogP contribution in [-0.2, 0) is 0 Å². The van der Waals surface area contributed by atoms with E-state index in [9.17, 15) is 4.79 Å². The molecule has 4 nitrogen and oxygen atoms in total. The minimum atomic E-state index is -0.498. The molecule has 0 bridgehead atoms. The van der Waals surface area contributed by atoms with E-state index in [1.165, 1.54) is 0 Å². The van der Waals surface area contributed by atoms with E-state index in [1.807, 2.05) is 44.3 Å². The van der Waals surface area contributed by atoms with Gasteiger partial charge in [-0.25, -0.2) is 0 Å². The maximum atomic E-state index is 11.4. The minimum Gasteiger partial charge on any atom is -0.457 e. The SMILES string of the molecule is CNc1ccc(Oc2cc(C)ccc2C(N)=O)cc1. The summed E-state index contributed by atoms with van der Waals surface area (Å²) in [6, 6.07) is 12.8. The molecule has 0 aliphatic carbocycles. The molecule has 2 rings (SSSR count). The number of rotatable bonds is 4. The zero-order valence-electron chi connectivity index (χ0n) is 10.9. The van der Waals surface area contributed by atoms with E-state index in [0.29, 0.717) is 17.1 Å². The number of hydrogen-bond donors (Lipinski definition) is 2. The zero-order valence-corrected chi connectivity index (χ0v) is 10.9. The van der Waals surface area contributed by atoms with Crippen LogP contribution in [0.1, 0.15) is 15.9 Å². The Balaban J connectivity index is 2.31. The van der Waals surface area contributed by atoms with Crippen molar-refractivity contribution >= 4 is 11.6 Å². The van der Waals surface area contributed by atoms with Crippen LogP contribution in [0.25, 0.3) is 0 Å². The first kappa shape index (κ1) is 13.0. The van der Waals surface area contributed by atoms with Crippen LogP contribution in [0.4, 0.5) is 5.69 Å². The fourth-order valence-corrected chi connectivity index (χ4v) is 1.73. The monoisotopic (exact) mass is 256 g/mol. The summed E-state index contributed by atoms with van der Waals surface area (Å²) in [5.41, 5.74) is 7.71. The molecule has 2 aromatic carbocycles. The van der Waals surface area contributed by atoms with Crippen molar-refractivity contribution in [3.63, 3.8) is 0 Å². The molecule has 98 valence electrons. The van der Waals surface area contributed by atoms with Crippen LogP contribution in [0, 0.1) is 6.92 Å². The number of aryl methyl sites for hydroxylation is 1. The van der Waals surface area contributed by atoms with Gasteiger partial charge in [-0.15, -0.1) is 0 Å². The van der Waals surface area contributed by atoms with Gasteiger partial charge in [-0.3, -0.25) is 4.79 Å². The van der Waals surface area contributed by atoms with Crippen LogP contribution >= 0.6 is 0 Å². The Kier molecular flexibility index (Phi) is 3.71. The van der Waals surface area contributed by atoms with Crippen LogP contribution in [0.5, 0.6) is 11.5 Å². The molecule has 0 aliphatic heterocycles. The Morgan fingerprint density at radius 2 is 1.84 bits per heavy atom. The number of amides is 1. The molecule has 0 atom stereocenters. The van der Waals surface area contributed by atoms with Gasteiger partial charge in [0.1, 0.15) is 11.5 Å². The Bertz CT molecular complexity index is 592. The van der Waals surface area contributed by atoms with Gasteiger partial charge in [0.05, 0.1) is 5.56 Å². The molecule has 0 aromatic heterocycles. The largest absolute Gasteiger partial charge is 0.457 e. The average Bonchev–Trinajstić information content (AvgIpc) is 2.39. The molecule has 0 spiro atoms. The third-order valence-corrected chi connectivity index (χ3v) is 2.77. The van der Waals surface area contributed by atoms with E-state index < -0.39 is 5.91 Å². The lowest BCUT2D eigenvalue weighted by Gasteiger charge is -2.10. The molecular weight excluding hydrogens is 240 g/mol. The highest BCUT2D eigenvalue weighted by atomic mass is 16.5. The lowest BCUT2D eigenvalue weighted by Crippen LogP contribution is -2.12. The molecule has 2 aromatic rings. The van der Waals surface area contributed by atoms with Crippen LogP contribution in [-0.4, -0.2) is 13.0 Å². The minimum absolute atomic E-state index is 0.378. The summed E-state index contributed by atoms with van der Waals surface area (Å²) >= 11 is 0. The molecule has 4 heteroatoms. The van der Waals surface area contributed by atoms with Crippen molar-refractivity contribution in [1.29, 1.82) is 0 Å². The van der Waals surface area contributed by atoms with E-state index >= 15 is 0 Å². The Morgan fingerprint density at radius 1 is 1.16 bits per heavy atom. The van der Waals surface area contributed by atoms with Crippen LogP contribution in [0.2, 0.25) is 0 Å². The number of nitrogens with one attached hydrogen (secondary N) is 1. The third-order valence-electron chi connectivity index (χ3n) is 2.77. The van der Waals surface area contributed by atoms with Gasteiger partial charge < -0.3 is 15.8 Å². The Hall–Kier alpha value is -2.49. The summed E-state index contributed by atoms with van der Waals surface area (Å²) in [7, 11) is 1.85. The maximum Gasteiger partial charge on any atom is 0.252 e. The van der Waals surface area contributed by atoms with Crippen molar-refractivity contribution in [3.8, 4) is 11.5 Å². The van der Waals surface area contributed by atoms with Crippen molar-refractivity contribution in [2.75, 3.05) is 12.4 Å². The molecular formula is C15H16N2O2. The highest BCUT2D eigenvalue weighted by Gasteiger charge is 2.10. The van der Waals surface area contributed by atoms with E-state index in [1.54, 1.807) is 12.1 Å². The fraction of sp³-hybridized carbons (Fsp3) is 0.133. The summed E-state index contributed by atoms with van der Waals surface area (Å²) in [6.45, 7) is 1.93. The van der Waals surface area contributed by atoms with Gasteiger partial charge in [0.2, 0.25) is 0 Å². The molecule has 3 N–H and O–H groups in total. The summed E-state index contributed by atoms with van der Waals surface area (Å²) in [6.07, 6.45) is 0. The van der Waals surface area contributed by atoms with E-state index in [2.05, 4.69) is 5.32 Å². The van der Waals surface area contributed by atoms with Crippen molar-refractivity contribution in [2.45, 2.75) is 6.92 Å². The molecule has 0 saturated carbocycles. The molecule has 0 radical (unpaired) electrons. The predicted octanol–water partition coefficient (Wildman–Crippen LogP) is 2.93. The van der Waals surface area contributed by atoms with Crippen LogP contribution in [0.3, 0.4) is 0 Å². The summed E-state index contributed by atoms with van der Waals surface area (Å²) < 4.78 is 5.72. The second-order valence-electron chi connectivity index (χ2n) is 4.24. The molecule has 0 saturated heterocycles. The first-order chi connectivity index (χ1) is 9.10. The van der Waals surface area contributed by atoms with Gasteiger partial charge in [0.25, 0.3) is 5.91 Å². The Morgan fingerprint density at radius 3 is 2.42 bits per heavy atom. The van der Waals surface area contributed by atoms with Gasteiger partial charge in [-0.2, -0.15) is 0 Å². The van der Waals surface area contributed by atoms with Crippen molar-refractivity contribution in [2.24, 2.45) is 5.73 Å². The van der Waals surface area contributed by atoms with Gasteiger partial charge in [0, 0.05) is 12.7 Å². The zero-order chi connectivity index (χ0) is 13.8. The molecule has 1 amide bonds. The molecule has 19 heavy (non-hydrogen) atoms. The number of carbonyl (C=O) groups is 1. The molecule has 0 aliphatic rings. The lowest BCUT2D eigenvalue weighted by atomic mass is 10.1. The number of hydrogen-bond acceptors (Lipinski definition) is 3. The molecule has 0 fully saturated rings. The number of nitrogens with two attached hydrogens (primary N) is 1. The number of ether oxygens (including phenoxy) is 1. The first-order valence-electron chi connectivity index (χ1n) is 5.96. The Labute approximate surface area is 112 Å². The number of primary amides is 1. The lowest BCUT2D eigenvalue weighted by molar-refractivity contribution is 0.0998. The first-order valence-corrected chi connectivity index (χ1v) is 5.96. The molecule has 0 unspecified atom stereocenters. The van der Waals surface area contributed by atoms with Crippen LogP contribution < -0.4 is 15.8 Å². The van der Waals surface area contributed by atoms with Crippen molar-refractivity contribution in [3.05, 3.63) is 53.6 Å². The van der Waals surface area contributed by atoms with Gasteiger partial charge in [-0.05, 0) is 48.9 Å². The van der Waals surface area contributed by atoms with Gasteiger partial charge >= 0.3 is 0 Å². The quantitative estimate of drug-likeness (QED) is 0.884. The summed E-state index contributed by atoms with van der Waals surface area (Å²) in [5.74, 6) is 0.638. The molecule has 0 heterocycles. The highest BCUT2D eigenvalue weighted by molar-refractivity contribution is 5.95. The number of carbonyl (C=O) groups excluding carboxylic acids is 1. The van der Waals surface area contributed by atoms with Crippen molar-refractivity contribution < 1.29 is 9.53 Å². The highest BCUT2D eigenvalue weighted by Crippen LogP contribution is 2.27. The van der Waals surface area contributed by atoms with Gasteiger partial charge in [-0.1, -0.05) is 6.07 Å². The predicted molar refractivity (Wildman–Crippen MR) is 75.8 cm³/mol. The second kappa shape index (κ2) is 5.44. The summed E-state index contributed by atoms with van der Waals surface area (Å²) in [5, 5.41) is 3.03. The summed E-state index contributed by atoms with van der Waals surface area (Å²) in [4.78, 5) is 11.4. The van der Waals surface area contributed by atoms with E-state index in [4.69, 9.17) is 10.5 Å². The van der Waals surface area contributed by atoms with Crippen molar-refractivity contribution in [1.82, 2.24) is 0 Å². The second-order valence-corrected chi connectivity index (χ2v) is 4.24. The standard InChI is InChI=1S/C15H16N2O2/c1-10-3-8-13(15(16)18)14(9-10)19-12-6-4-11(17-2)5-7-12/h3-9,17H,1-2H3,(H2,16,18). The average molecular weight is 256 g/mol. The topological polar surface area (TPSA) is 64.3 Å². The number of benzene rings is 2. The number of anilines is 1. The maximum absolute atomic E-state index is 11.4. The van der Waals surface area contributed by atoms with Crippen LogP contribution in [0.15, 0.2) is 42.5 Å². The third kappa shape index (κ3) is 3.04. The van der Waals surface area contributed by atoms with E-state index in [0.717, 1.165) is 11.3 Å².